The molecule has 1 aromatic heterocycles. The van der Waals surface area contributed by atoms with Crippen LogP contribution in [0.1, 0.15) is 23.2 Å². The lowest BCUT2D eigenvalue weighted by Gasteiger charge is -2.01. The van der Waals surface area contributed by atoms with Crippen molar-refractivity contribution in [2.75, 3.05) is 0 Å². The smallest absolute Gasteiger partial charge is 0.213 e. The first-order valence-corrected chi connectivity index (χ1v) is 3.96. The van der Waals surface area contributed by atoms with E-state index in [1.165, 1.54) is 6.20 Å². The predicted molar refractivity (Wildman–Crippen MR) is 43.3 cm³/mol. The van der Waals surface area contributed by atoms with Gasteiger partial charge in [-0.3, -0.25) is 4.79 Å². The molecule has 2 rings (SSSR count). The Kier molecular flexibility index (Phi) is 1.78. The molecule has 12 heavy (non-hydrogen) atoms. The van der Waals surface area contributed by atoms with Crippen LogP contribution in [0.3, 0.4) is 0 Å². The number of carbonyl (C=O) groups excluding carboxylic acids is 1. The van der Waals surface area contributed by atoms with Crippen molar-refractivity contribution in [2.24, 2.45) is 0 Å². The molecule has 1 aliphatic carbocycles. The van der Waals surface area contributed by atoms with Crippen LogP contribution in [0.5, 0.6) is 5.88 Å². The van der Waals surface area contributed by atoms with Crippen molar-refractivity contribution in [3.63, 3.8) is 0 Å². The molecular formula is C9H9NO2. The third-order valence-corrected chi connectivity index (χ3v) is 1.71. The molecule has 1 aliphatic rings. The Morgan fingerprint density at radius 3 is 2.83 bits per heavy atom. The summed E-state index contributed by atoms with van der Waals surface area (Å²) in [7, 11) is 0. The Bertz CT molecular complexity index is 277. The van der Waals surface area contributed by atoms with E-state index in [1.807, 2.05) is 0 Å². The van der Waals surface area contributed by atoms with E-state index >= 15 is 0 Å². The van der Waals surface area contributed by atoms with E-state index in [2.05, 4.69) is 4.98 Å². The van der Waals surface area contributed by atoms with E-state index in [4.69, 9.17) is 4.74 Å². The molecule has 0 amide bonds. The summed E-state index contributed by atoms with van der Waals surface area (Å²) in [6, 6.07) is 3.43. The molecule has 3 nitrogen and oxygen atoms in total. The SMILES string of the molecule is O=Cc1ccc(OC2CC2)nc1. The minimum Gasteiger partial charge on any atom is -0.474 e. The van der Waals surface area contributed by atoms with Gasteiger partial charge in [0.05, 0.1) is 0 Å². The van der Waals surface area contributed by atoms with Crippen molar-refractivity contribution in [1.82, 2.24) is 4.98 Å². The number of ether oxygens (including phenoxy) is 1. The molecule has 0 N–H and O–H groups in total. The second-order valence-electron chi connectivity index (χ2n) is 2.86. The second kappa shape index (κ2) is 2.93. The summed E-state index contributed by atoms with van der Waals surface area (Å²) in [6.07, 6.45) is 4.90. The van der Waals surface area contributed by atoms with Crippen molar-refractivity contribution in [3.05, 3.63) is 23.9 Å². The normalized spacial score (nSPS) is 15.7. The van der Waals surface area contributed by atoms with Crippen LogP contribution in [-0.4, -0.2) is 17.4 Å². The summed E-state index contributed by atoms with van der Waals surface area (Å²) in [5, 5.41) is 0. The molecule has 0 aliphatic heterocycles. The number of carbonyl (C=O) groups is 1. The van der Waals surface area contributed by atoms with Crippen LogP contribution >= 0.6 is 0 Å². The predicted octanol–water partition coefficient (Wildman–Crippen LogP) is 1.44. The zero-order valence-corrected chi connectivity index (χ0v) is 6.56. The number of nitrogens with zero attached hydrogens (tertiary/aromatic N) is 1. The maximum atomic E-state index is 10.3. The van der Waals surface area contributed by atoms with Crippen LogP contribution in [0, 0.1) is 0 Å². The van der Waals surface area contributed by atoms with Crippen LogP contribution in [0.4, 0.5) is 0 Å². The molecule has 62 valence electrons. The van der Waals surface area contributed by atoms with Crippen molar-refractivity contribution >= 4 is 6.29 Å². The van der Waals surface area contributed by atoms with Gasteiger partial charge in [-0.25, -0.2) is 4.98 Å². The summed E-state index contributed by atoms with van der Waals surface area (Å²) in [5.41, 5.74) is 0.582. The van der Waals surface area contributed by atoms with Crippen molar-refractivity contribution in [1.29, 1.82) is 0 Å². The highest BCUT2D eigenvalue weighted by Gasteiger charge is 2.23. The number of hydrogen-bond acceptors (Lipinski definition) is 3. The molecule has 1 saturated carbocycles. The Hall–Kier alpha value is -1.38. The number of aldehydes is 1. The molecule has 0 unspecified atom stereocenters. The van der Waals surface area contributed by atoms with Crippen LogP contribution < -0.4 is 4.74 Å². The fourth-order valence-corrected chi connectivity index (χ4v) is 0.888. The van der Waals surface area contributed by atoms with E-state index in [0.717, 1.165) is 19.1 Å². The lowest BCUT2D eigenvalue weighted by Crippen LogP contribution is -1.97. The third kappa shape index (κ3) is 1.61. The van der Waals surface area contributed by atoms with E-state index in [0.29, 0.717) is 17.5 Å². The molecule has 0 saturated heterocycles. The van der Waals surface area contributed by atoms with Gasteiger partial charge in [-0.1, -0.05) is 0 Å². The first kappa shape index (κ1) is 7.28. The number of rotatable bonds is 3. The standard InChI is InChI=1S/C9H9NO2/c11-6-7-1-4-9(10-5-7)12-8-2-3-8/h1,4-6,8H,2-3H2. The highest BCUT2D eigenvalue weighted by molar-refractivity contribution is 5.73. The Balaban J connectivity index is 2.07. The lowest BCUT2D eigenvalue weighted by molar-refractivity contribution is 0.112. The Morgan fingerprint density at radius 2 is 2.33 bits per heavy atom. The van der Waals surface area contributed by atoms with Crippen LogP contribution in [0.15, 0.2) is 18.3 Å². The van der Waals surface area contributed by atoms with E-state index in [1.54, 1.807) is 12.1 Å². The Morgan fingerprint density at radius 1 is 1.50 bits per heavy atom. The topological polar surface area (TPSA) is 39.2 Å². The maximum absolute atomic E-state index is 10.3. The summed E-state index contributed by atoms with van der Waals surface area (Å²) in [6.45, 7) is 0. The second-order valence-corrected chi connectivity index (χ2v) is 2.86. The molecule has 1 heterocycles. The average molecular weight is 163 g/mol. The molecule has 0 atom stereocenters. The highest BCUT2D eigenvalue weighted by atomic mass is 16.5. The zero-order valence-electron chi connectivity index (χ0n) is 6.56. The zero-order chi connectivity index (χ0) is 8.39. The van der Waals surface area contributed by atoms with Crippen molar-refractivity contribution in [3.8, 4) is 5.88 Å². The largest absolute Gasteiger partial charge is 0.474 e. The highest BCUT2D eigenvalue weighted by Crippen LogP contribution is 2.25. The van der Waals surface area contributed by atoms with Crippen molar-refractivity contribution < 1.29 is 9.53 Å². The summed E-state index contributed by atoms with van der Waals surface area (Å²) < 4.78 is 5.40. The van der Waals surface area contributed by atoms with Gasteiger partial charge in [0.15, 0.2) is 6.29 Å². The van der Waals surface area contributed by atoms with Gasteiger partial charge in [0.25, 0.3) is 0 Å². The van der Waals surface area contributed by atoms with Crippen molar-refractivity contribution in [2.45, 2.75) is 18.9 Å². The Labute approximate surface area is 70.4 Å². The lowest BCUT2D eigenvalue weighted by atomic mass is 10.3. The number of aromatic nitrogens is 1. The molecule has 0 spiro atoms. The van der Waals surface area contributed by atoms with Crippen LogP contribution in [0.2, 0.25) is 0 Å². The van der Waals surface area contributed by atoms with Gasteiger partial charge in [0.2, 0.25) is 5.88 Å². The first-order valence-electron chi connectivity index (χ1n) is 3.96. The molecule has 3 heteroatoms. The van der Waals surface area contributed by atoms with Crippen LogP contribution in [0.25, 0.3) is 0 Å². The minimum atomic E-state index is 0.361. The van der Waals surface area contributed by atoms with Crippen LogP contribution in [-0.2, 0) is 0 Å². The minimum absolute atomic E-state index is 0.361. The fourth-order valence-electron chi connectivity index (χ4n) is 0.888. The monoisotopic (exact) mass is 163 g/mol. The maximum Gasteiger partial charge on any atom is 0.213 e. The first-order chi connectivity index (χ1) is 5.88. The van der Waals surface area contributed by atoms with Gasteiger partial charge >= 0.3 is 0 Å². The van der Waals surface area contributed by atoms with Gasteiger partial charge in [-0.15, -0.1) is 0 Å². The van der Waals surface area contributed by atoms with E-state index in [-0.39, 0.29) is 0 Å². The summed E-state index contributed by atoms with van der Waals surface area (Å²) >= 11 is 0. The van der Waals surface area contributed by atoms with Gasteiger partial charge in [0.1, 0.15) is 6.10 Å². The van der Waals surface area contributed by atoms with Gasteiger partial charge in [-0.05, 0) is 18.9 Å². The molecular weight excluding hydrogens is 154 g/mol. The van der Waals surface area contributed by atoms with Gasteiger partial charge < -0.3 is 4.74 Å². The fraction of sp³-hybridized carbons (Fsp3) is 0.333. The van der Waals surface area contributed by atoms with E-state index in [9.17, 15) is 4.79 Å². The molecule has 1 fully saturated rings. The van der Waals surface area contributed by atoms with E-state index < -0.39 is 0 Å². The molecule has 0 bridgehead atoms. The third-order valence-electron chi connectivity index (χ3n) is 1.71. The van der Waals surface area contributed by atoms with Gasteiger partial charge in [0, 0.05) is 17.8 Å². The quantitative estimate of drug-likeness (QED) is 0.633. The molecule has 0 radical (unpaired) electrons. The molecule has 1 aromatic rings. The number of hydrogen-bond donors (Lipinski definition) is 0. The van der Waals surface area contributed by atoms with Gasteiger partial charge in [-0.2, -0.15) is 0 Å². The number of pyridine rings is 1. The summed E-state index contributed by atoms with van der Waals surface area (Å²) in [4.78, 5) is 14.2. The average Bonchev–Trinajstić information content (AvgIpc) is 2.90. The summed E-state index contributed by atoms with van der Waals surface area (Å²) in [5.74, 6) is 0.614. The molecule has 0 aromatic carbocycles.